The van der Waals surface area contributed by atoms with Crippen LogP contribution in [-0.4, -0.2) is 30.9 Å². The van der Waals surface area contributed by atoms with Crippen LogP contribution >= 0.6 is 0 Å². The van der Waals surface area contributed by atoms with Gasteiger partial charge < -0.3 is 14.2 Å². The molecule has 0 bridgehead atoms. The molecule has 0 aliphatic carbocycles. The highest BCUT2D eigenvalue weighted by Gasteiger charge is 2.49. The van der Waals surface area contributed by atoms with Crippen LogP contribution in [0.15, 0.2) is 12.2 Å². The van der Waals surface area contributed by atoms with Gasteiger partial charge in [0.15, 0.2) is 6.61 Å². The van der Waals surface area contributed by atoms with Crippen LogP contribution in [0.1, 0.15) is 40.5 Å². The van der Waals surface area contributed by atoms with Gasteiger partial charge in [0, 0.05) is 0 Å². The largest absolute Gasteiger partial charge is 0.513 e. The molecule has 1 fully saturated rings. The van der Waals surface area contributed by atoms with E-state index in [-0.39, 0.29) is 13.2 Å². The Morgan fingerprint density at radius 3 is 2.53 bits per heavy atom. The number of ether oxygens (including phenoxy) is 3. The molecule has 6 nitrogen and oxygen atoms in total. The van der Waals surface area contributed by atoms with Crippen molar-refractivity contribution in [2.24, 2.45) is 0 Å². The lowest BCUT2D eigenvalue weighted by molar-refractivity contribution is -0.596. The number of carbonyl (C=O) groups excluding carboxylic acids is 1. The molecule has 0 N–H and O–H groups in total. The van der Waals surface area contributed by atoms with E-state index in [1.165, 1.54) is 0 Å². The molecule has 1 aliphatic heterocycles. The van der Waals surface area contributed by atoms with E-state index in [0.29, 0.717) is 0 Å². The smallest absolute Gasteiger partial charge is 0.428 e. The molecule has 0 saturated carbocycles. The third-order valence-electron chi connectivity index (χ3n) is 2.41. The zero-order chi connectivity index (χ0) is 14.5. The zero-order valence-electron chi connectivity index (χ0n) is 12.0. The monoisotopic (exact) mass is 274 g/mol. The number of hydrogen-bond donors (Lipinski definition) is 0. The highest BCUT2D eigenvalue weighted by Crippen LogP contribution is 2.28. The first-order valence-electron chi connectivity index (χ1n) is 6.29. The predicted octanol–water partition coefficient (Wildman–Crippen LogP) is 2.93. The molecule has 6 heteroatoms. The summed E-state index contributed by atoms with van der Waals surface area (Å²) in [5.74, 6) is -1.52. The van der Waals surface area contributed by atoms with E-state index in [1.807, 2.05) is 20.8 Å². The minimum atomic E-state index is -1.52. The maximum Gasteiger partial charge on any atom is 0.513 e. The molecule has 1 unspecified atom stereocenters. The molecule has 1 rings (SSSR count). The van der Waals surface area contributed by atoms with E-state index in [9.17, 15) is 4.79 Å². The van der Waals surface area contributed by atoms with Crippen LogP contribution in [0, 0.1) is 0 Å². The van der Waals surface area contributed by atoms with E-state index in [2.05, 4.69) is 11.5 Å². The second-order valence-corrected chi connectivity index (χ2v) is 5.24. The number of rotatable bonds is 7. The lowest BCUT2D eigenvalue weighted by Crippen LogP contribution is -2.54. The van der Waals surface area contributed by atoms with Crippen LogP contribution in [0.3, 0.4) is 0 Å². The molecule has 1 aliphatic rings. The minimum absolute atomic E-state index is 0.00356. The molecule has 1 saturated heterocycles. The Balaban J connectivity index is 2.47. The first-order chi connectivity index (χ1) is 8.79. The van der Waals surface area contributed by atoms with Crippen LogP contribution < -0.4 is 0 Å². The van der Waals surface area contributed by atoms with Crippen LogP contribution in [0.2, 0.25) is 0 Å². The first-order valence-corrected chi connectivity index (χ1v) is 6.29. The van der Waals surface area contributed by atoms with Crippen molar-refractivity contribution in [2.45, 2.75) is 52.1 Å². The molecule has 110 valence electrons. The van der Waals surface area contributed by atoms with Gasteiger partial charge in [-0.15, -0.1) is 0 Å². The quantitative estimate of drug-likeness (QED) is 0.308. The van der Waals surface area contributed by atoms with Gasteiger partial charge in [0.2, 0.25) is 0 Å². The average molecular weight is 274 g/mol. The van der Waals surface area contributed by atoms with E-state index in [0.717, 1.165) is 18.4 Å². The SMILES string of the molecule is C=C(C)COC1(OC(=O)OC(C)(C)CCC)COO1. The maximum atomic E-state index is 11.7. The van der Waals surface area contributed by atoms with Crippen LogP contribution in [0.5, 0.6) is 0 Å². The van der Waals surface area contributed by atoms with Gasteiger partial charge in [0.25, 0.3) is 0 Å². The van der Waals surface area contributed by atoms with Gasteiger partial charge in [0.1, 0.15) is 5.60 Å². The summed E-state index contributed by atoms with van der Waals surface area (Å²) in [7, 11) is 0. The van der Waals surface area contributed by atoms with E-state index < -0.39 is 17.7 Å². The summed E-state index contributed by atoms with van der Waals surface area (Å²) in [6.45, 7) is 11.3. The van der Waals surface area contributed by atoms with Crippen LogP contribution in [-0.2, 0) is 24.0 Å². The van der Waals surface area contributed by atoms with Crippen LogP contribution in [0.25, 0.3) is 0 Å². The molecule has 19 heavy (non-hydrogen) atoms. The molecule has 1 heterocycles. The van der Waals surface area contributed by atoms with Crippen molar-refractivity contribution in [3.63, 3.8) is 0 Å². The van der Waals surface area contributed by atoms with Crippen molar-refractivity contribution in [3.8, 4) is 0 Å². The summed E-state index contributed by atoms with van der Waals surface area (Å²) in [6, 6.07) is 0. The topological polar surface area (TPSA) is 63.2 Å². The van der Waals surface area contributed by atoms with Gasteiger partial charge in [-0.3, -0.25) is 0 Å². The Bertz CT molecular complexity index is 332. The van der Waals surface area contributed by atoms with Crippen molar-refractivity contribution >= 4 is 6.16 Å². The second kappa shape index (κ2) is 6.36. The Kier molecular flexibility index (Phi) is 5.34. The fraction of sp³-hybridized carbons (Fsp3) is 0.769. The summed E-state index contributed by atoms with van der Waals surface area (Å²) in [5.41, 5.74) is 0.185. The lowest BCUT2D eigenvalue weighted by atomic mass is 10.0. The fourth-order valence-corrected chi connectivity index (χ4v) is 1.56. The van der Waals surface area contributed by atoms with Gasteiger partial charge >= 0.3 is 12.1 Å². The number of carbonyl (C=O) groups is 1. The van der Waals surface area contributed by atoms with Gasteiger partial charge in [-0.25, -0.2) is 9.68 Å². The Morgan fingerprint density at radius 2 is 2.11 bits per heavy atom. The Hall–Kier alpha value is -1.11. The molecule has 0 aromatic carbocycles. The standard InChI is InChI=1S/C13H22O6/c1-6-7-12(4,5)17-11(14)18-13(9-16-19-13)15-8-10(2)3/h2,6-9H2,1,3-5H3. The highest BCUT2D eigenvalue weighted by molar-refractivity contribution is 5.61. The zero-order valence-corrected chi connectivity index (χ0v) is 12.0. The summed E-state index contributed by atoms with van der Waals surface area (Å²) in [4.78, 5) is 21.0. The third-order valence-corrected chi connectivity index (χ3v) is 2.41. The molecule has 0 amide bonds. The molecule has 0 aromatic heterocycles. The van der Waals surface area contributed by atoms with Crippen molar-refractivity contribution in [1.29, 1.82) is 0 Å². The van der Waals surface area contributed by atoms with E-state index >= 15 is 0 Å². The average Bonchev–Trinajstić information content (AvgIpc) is 2.20. The summed E-state index contributed by atoms with van der Waals surface area (Å²) < 4.78 is 15.6. The lowest BCUT2D eigenvalue weighted by Gasteiger charge is -2.37. The predicted molar refractivity (Wildman–Crippen MR) is 67.1 cm³/mol. The van der Waals surface area contributed by atoms with E-state index in [4.69, 9.17) is 19.1 Å². The summed E-state index contributed by atoms with van der Waals surface area (Å²) in [6.07, 6.45) is 0.791. The number of hydrogen-bond acceptors (Lipinski definition) is 6. The second-order valence-electron chi connectivity index (χ2n) is 5.24. The third kappa shape index (κ3) is 5.18. The minimum Gasteiger partial charge on any atom is -0.428 e. The van der Waals surface area contributed by atoms with Gasteiger partial charge in [-0.2, -0.15) is 4.89 Å². The first kappa shape index (κ1) is 15.9. The molecule has 1 atom stereocenters. The highest BCUT2D eigenvalue weighted by atomic mass is 17.3. The fourth-order valence-electron chi connectivity index (χ4n) is 1.56. The van der Waals surface area contributed by atoms with Gasteiger partial charge in [-0.1, -0.05) is 25.5 Å². The van der Waals surface area contributed by atoms with Crippen molar-refractivity contribution in [2.75, 3.05) is 13.2 Å². The summed E-state index contributed by atoms with van der Waals surface area (Å²) in [5, 5.41) is 0. The Morgan fingerprint density at radius 1 is 1.47 bits per heavy atom. The molecular formula is C13H22O6. The van der Waals surface area contributed by atoms with E-state index in [1.54, 1.807) is 6.92 Å². The van der Waals surface area contributed by atoms with Crippen molar-refractivity contribution in [3.05, 3.63) is 12.2 Å². The van der Waals surface area contributed by atoms with Gasteiger partial charge in [-0.05, 0) is 27.2 Å². The molecule has 0 radical (unpaired) electrons. The Labute approximate surface area is 113 Å². The summed E-state index contributed by atoms with van der Waals surface area (Å²) >= 11 is 0. The normalized spacial score (nSPS) is 22.5. The van der Waals surface area contributed by atoms with Crippen LogP contribution in [0.4, 0.5) is 4.79 Å². The molecule has 0 spiro atoms. The van der Waals surface area contributed by atoms with Gasteiger partial charge in [0.05, 0.1) is 6.61 Å². The molecule has 0 aromatic rings. The maximum absolute atomic E-state index is 11.7. The van der Waals surface area contributed by atoms with Crippen molar-refractivity contribution in [1.82, 2.24) is 0 Å². The molecular weight excluding hydrogens is 252 g/mol. The van der Waals surface area contributed by atoms with Crippen molar-refractivity contribution < 1.29 is 28.8 Å².